The van der Waals surface area contributed by atoms with Gasteiger partial charge in [0.15, 0.2) is 0 Å². The monoisotopic (exact) mass is 378 g/mol. The Kier molecular flexibility index (Phi) is 5.80. The fourth-order valence-electron chi connectivity index (χ4n) is 3.28. The second kappa shape index (κ2) is 8.83. The Hall–Kier alpha value is -2.95. The molecule has 0 nitrogen and oxygen atoms in total. The predicted molar refractivity (Wildman–Crippen MR) is 125 cm³/mol. The average Bonchev–Trinajstić information content (AvgIpc) is 2.76. The topological polar surface area (TPSA) is 0 Å². The van der Waals surface area contributed by atoms with E-state index >= 15 is 0 Å². The second-order valence-electron chi connectivity index (χ2n) is 6.81. The molecule has 4 aromatic carbocycles. The lowest BCUT2D eigenvalue weighted by Gasteiger charge is -2.21. The molecule has 0 spiro atoms. The fraction of sp³-hybridized carbons (Fsp3) is 0.0370. The molecule has 28 heavy (non-hydrogen) atoms. The van der Waals surface area contributed by atoms with Crippen molar-refractivity contribution in [2.24, 2.45) is 0 Å². The summed E-state index contributed by atoms with van der Waals surface area (Å²) in [6.45, 7) is 2.12. The Balaban J connectivity index is 1.78. The summed E-state index contributed by atoms with van der Waals surface area (Å²) in [5.41, 5.74) is 3.79. The summed E-state index contributed by atoms with van der Waals surface area (Å²) < 4.78 is 0. The summed E-state index contributed by atoms with van der Waals surface area (Å²) >= 11 is 0. The van der Waals surface area contributed by atoms with Crippen molar-refractivity contribution in [1.29, 1.82) is 0 Å². The lowest BCUT2D eigenvalue weighted by Crippen LogP contribution is -2.22. The highest BCUT2D eigenvalue weighted by Crippen LogP contribution is 2.34. The summed E-state index contributed by atoms with van der Waals surface area (Å²) in [4.78, 5) is 0. The quantitative estimate of drug-likeness (QED) is 0.299. The van der Waals surface area contributed by atoms with Gasteiger partial charge in [0.05, 0.1) is 0 Å². The molecule has 0 bridgehead atoms. The van der Waals surface area contributed by atoms with Gasteiger partial charge in [0, 0.05) is 0 Å². The highest BCUT2D eigenvalue weighted by molar-refractivity contribution is 7.80. The summed E-state index contributed by atoms with van der Waals surface area (Å²) in [7, 11) is -0.604. The van der Waals surface area contributed by atoms with Gasteiger partial charge in [-0.05, 0) is 41.9 Å². The summed E-state index contributed by atoms with van der Waals surface area (Å²) in [5, 5.41) is 4.14. The van der Waals surface area contributed by atoms with Gasteiger partial charge in [0.2, 0.25) is 0 Å². The maximum atomic E-state index is 2.28. The lowest BCUT2D eigenvalue weighted by atomic mass is 10.1. The Morgan fingerprint density at radius 1 is 0.536 bits per heavy atom. The molecule has 0 N–H and O–H groups in total. The van der Waals surface area contributed by atoms with Gasteiger partial charge < -0.3 is 0 Å². The summed E-state index contributed by atoms with van der Waals surface area (Å²) in [6, 6.07) is 39.2. The summed E-state index contributed by atoms with van der Waals surface area (Å²) in [5.74, 6) is 0. The van der Waals surface area contributed by atoms with Crippen LogP contribution in [0.5, 0.6) is 0 Å². The number of hydrogen-bond acceptors (Lipinski definition) is 0. The Bertz CT molecular complexity index is 1010. The molecule has 4 aromatic rings. The zero-order chi connectivity index (χ0) is 19.2. The van der Waals surface area contributed by atoms with Crippen LogP contribution in [0.3, 0.4) is 0 Å². The molecule has 0 heterocycles. The third kappa shape index (κ3) is 4.30. The molecule has 0 radical (unpaired) electrons. The van der Waals surface area contributed by atoms with Crippen molar-refractivity contribution in [3.8, 4) is 0 Å². The molecule has 0 aromatic heterocycles. The van der Waals surface area contributed by atoms with Gasteiger partial charge in [-0.15, -0.1) is 0 Å². The second-order valence-corrected chi connectivity index (χ2v) is 8.99. The van der Waals surface area contributed by atoms with Gasteiger partial charge in [-0.2, -0.15) is 0 Å². The molecule has 0 unspecified atom stereocenters. The van der Waals surface area contributed by atoms with Crippen molar-refractivity contribution in [2.75, 3.05) is 0 Å². The molecule has 0 amide bonds. The maximum absolute atomic E-state index is 2.28. The first-order valence-electron chi connectivity index (χ1n) is 9.55. The van der Waals surface area contributed by atoms with Crippen LogP contribution in [0.15, 0.2) is 109 Å². The minimum Gasteiger partial charge on any atom is -0.0622 e. The third-order valence-corrected chi connectivity index (χ3v) is 7.26. The zero-order valence-corrected chi connectivity index (χ0v) is 16.9. The summed E-state index contributed by atoms with van der Waals surface area (Å²) in [6.07, 6.45) is 4.46. The van der Waals surface area contributed by atoms with Crippen LogP contribution < -0.4 is 15.9 Å². The van der Waals surface area contributed by atoms with E-state index in [9.17, 15) is 0 Å². The largest absolute Gasteiger partial charge is 0.0622 e. The van der Waals surface area contributed by atoms with Crippen molar-refractivity contribution < 1.29 is 0 Å². The first-order chi connectivity index (χ1) is 13.8. The minimum atomic E-state index is -0.604. The van der Waals surface area contributed by atoms with Gasteiger partial charge >= 0.3 is 0 Å². The van der Waals surface area contributed by atoms with Crippen LogP contribution in [-0.2, 0) is 0 Å². The van der Waals surface area contributed by atoms with Gasteiger partial charge in [0.25, 0.3) is 0 Å². The molecule has 0 aliphatic carbocycles. The number of aryl methyl sites for hydroxylation is 1. The van der Waals surface area contributed by atoms with Gasteiger partial charge in [-0.1, -0.05) is 127 Å². The van der Waals surface area contributed by atoms with Crippen molar-refractivity contribution in [2.45, 2.75) is 6.92 Å². The molecule has 0 aliphatic rings. The van der Waals surface area contributed by atoms with Crippen LogP contribution in [0.4, 0.5) is 0 Å². The number of hydrogen-bond donors (Lipinski definition) is 0. The third-order valence-electron chi connectivity index (χ3n) is 4.74. The average molecular weight is 378 g/mol. The van der Waals surface area contributed by atoms with E-state index in [1.807, 2.05) is 0 Å². The molecule has 0 aliphatic heterocycles. The molecule has 0 fully saturated rings. The van der Waals surface area contributed by atoms with Crippen LogP contribution in [0.2, 0.25) is 0 Å². The molecule has 0 saturated carbocycles. The van der Waals surface area contributed by atoms with Crippen molar-refractivity contribution in [3.63, 3.8) is 0 Å². The van der Waals surface area contributed by atoms with E-state index in [2.05, 4.69) is 128 Å². The van der Waals surface area contributed by atoms with E-state index in [0.717, 1.165) is 0 Å². The maximum Gasteiger partial charge on any atom is -0.00786 e. The molecule has 136 valence electrons. The number of rotatable bonds is 5. The fourth-order valence-corrected chi connectivity index (χ4v) is 5.71. The Labute approximate surface area is 169 Å². The van der Waals surface area contributed by atoms with E-state index in [1.54, 1.807) is 0 Å². The highest BCUT2D eigenvalue weighted by Gasteiger charge is 2.18. The van der Waals surface area contributed by atoms with Crippen LogP contribution in [0.25, 0.3) is 12.2 Å². The van der Waals surface area contributed by atoms with Crippen molar-refractivity contribution in [3.05, 3.63) is 126 Å². The van der Waals surface area contributed by atoms with Crippen LogP contribution in [-0.4, -0.2) is 0 Å². The van der Waals surface area contributed by atoms with Crippen molar-refractivity contribution >= 4 is 36.0 Å². The zero-order valence-electron chi connectivity index (χ0n) is 16.0. The van der Waals surface area contributed by atoms with E-state index < -0.39 is 7.92 Å². The first-order valence-corrected chi connectivity index (χ1v) is 10.9. The lowest BCUT2D eigenvalue weighted by molar-refractivity contribution is 1.46. The van der Waals surface area contributed by atoms with Gasteiger partial charge in [-0.25, -0.2) is 0 Å². The smallest absolute Gasteiger partial charge is 0.00786 e. The van der Waals surface area contributed by atoms with Gasteiger partial charge in [-0.3, -0.25) is 0 Å². The van der Waals surface area contributed by atoms with E-state index in [-0.39, 0.29) is 0 Å². The molecule has 1 heteroatoms. The molecular weight excluding hydrogens is 355 g/mol. The van der Waals surface area contributed by atoms with Crippen LogP contribution in [0, 0.1) is 6.92 Å². The van der Waals surface area contributed by atoms with E-state index in [0.29, 0.717) is 0 Å². The normalized spacial score (nSPS) is 11.2. The Morgan fingerprint density at radius 3 is 1.68 bits per heavy atom. The van der Waals surface area contributed by atoms with E-state index in [4.69, 9.17) is 0 Å². The molecular formula is C27H23P. The minimum absolute atomic E-state index is 0.604. The number of benzene rings is 4. The Morgan fingerprint density at radius 2 is 1.07 bits per heavy atom. The molecule has 0 saturated heterocycles. The van der Waals surface area contributed by atoms with E-state index in [1.165, 1.54) is 32.6 Å². The highest BCUT2D eigenvalue weighted by atomic mass is 31.1. The van der Waals surface area contributed by atoms with Crippen LogP contribution in [0.1, 0.15) is 16.7 Å². The molecule has 4 rings (SSSR count). The predicted octanol–water partition coefficient (Wildman–Crippen LogP) is 5.92. The van der Waals surface area contributed by atoms with Crippen molar-refractivity contribution in [1.82, 2.24) is 0 Å². The standard InChI is InChI=1S/C27H23P/c1-22-16-18-23(19-17-22)20-21-24-10-8-9-15-27(24)28(25-11-4-2-5-12-25)26-13-6-3-7-14-26/h2-21H,1H3/b21-20+. The van der Waals surface area contributed by atoms with Gasteiger partial charge in [0.1, 0.15) is 0 Å². The SMILES string of the molecule is Cc1ccc(/C=C/c2ccccc2P(c2ccccc2)c2ccccc2)cc1. The first kappa shape index (κ1) is 18.4. The molecule has 0 atom stereocenters. The van der Waals surface area contributed by atoms with Crippen LogP contribution >= 0.6 is 7.92 Å².